The fourth-order valence-corrected chi connectivity index (χ4v) is 2.16. The number of ether oxygens (including phenoxy) is 1. The van der Waals surface area contributed by atoms with E-state index in [0.717, 1.165) is 5.39 Å². The topological polar surface area (TPSA) is 64.1 Å². The molecule has 0 aliphatic carbocycles. The molecule has 2 aromatic heterocycles. The molecule has 0 atom stereocenters. The first-order valence-corrected chi connectivity index (χ1v) is 7.25. The van der Waals surface area contributed by atoms with Crippen molar-refractivity contribution >= 4 is 16.9 Å². The summed E-state index contributed by atoms with van der Waals surface area (Å²) in [7, 11) is 0. The molecule has 8 heteroatoms. The maximum Gasteiger partial charge on any atom is 0.573 e. The molecule has 0 saturated carbocycles. The van der Waals surface area contributed by atoms with Crippen LogP contribution in [-0.2, 0) is 6.54 Å². The number of rotatable bonds is 4. The lowest BCUT2D eigenvalue weighted by molar-refractivity contribution is -0.274. The van der Waals surface area contributed by atoms with Crippen LogP contribution in [0.15, 0.2) is 54.7 Å². The average molecular weight is 347 g/mol. The molecule has 3 aromatic rings. The van der Waals surface area contributed by atoms with Crippen LogP contribution in [0, 0.1) is 0 Å². The highest BCUT2D eigenvalue weighted by molar-refractivity contribution is 5.94. The van der Waals surface area contributed by atoms with Crippen LogP contribution in [0.5, 0.6) is 5.75 Å². The van der Waals surface area contributed by atoms with Crippen LogP contribution < -0.4 is 10.1 Å². The number of pyridine rings is 2. The van der Waals surface area contributed by atoms with Crippen molar-refractivity contribution in [3.8, 4) is 5.75 Å². The van der Waals surface area contributed by atoms with Crippen molar-refractivity contribution in [3.63, 3.8) is 0 Å². The molecule has 128 valence electrons. The number of alkyl halides is 3. The summed E-state index contributed by atoms with van der Waals surface area (Å²) in [6, 6.07) is 12.2. The summed E-state index contributed by atoms with van der Waals surface area (Å²) in [6.07, 6.45) is -3.15. The first-order chi connectivity index (χ1) is 11.9. The monoisotopic (exact) mass is 347 g/mol. The van der Waals surface area contributed by atoms with Gasteiger partial charge in [-0.05, 0) is 42.0 Å². The maximum atomic E-state index is 12.1. The normalized spacial score (nSPS) is 11.3. The number of hydrogen-bond acceptors (Lipinski definition) is 4. The van der Waals surface area contributed by atoms with Crippen molar-refractivity contribution in [2.75, 3.05) is 0 Å². The van der Waals surface area contributed by atoms with Crippen molar-refractivity contribution in [3.05, 3.63) is 66.0 Å². The quantitative estimate of drug-likeness (QED) is 0.785. The highest BCUT2D eigenvalue weighted by Gasteiger charge is 2.30. The molecule has 3 rings (SSSR count). The van der Waals surface area contributed by atoms with Gasteiger partial charge in [0.1, 0.15) is 11.4 Å². The number of aromatic nitrogens is 2. The zero-order valence-corrected chi connectivity index (χ0v) is 12.7. The van der Waals surface area contributed by atoms with Crippen LogP contribution >= 0.6 is 0 Å². The number of amides is 1. The summed E-state index contributed by atoms with van der Waals surface area (Å²) in [5, 5.41) is 3.47. The van der Waals surface area contributed by atoms with E-state index in [9.17, 15) is 18.0 Å². The van der Waals surface area contributed by atoms with Gasteiger partial charge in [0.2, 0.25) is 0 Å². The molecule has 2 heterocycles. The second kappa shape index (κ2) is 6.76. The van der Waals surface area contributed by atoms with Gasteiger partial charge in [-0.25, -0.2) is 9.97 Å². The number of fused-ring (bicyclic) bond motifs is 1. The van der Waals surface area contributed by atoms with Crippen molar-refractivity contribution in [2.45, 2.75) is 12.9 Å². The standard InChI is InChI=1S/C17H12F3N3O2/c18-17(19,20)25-13-6-3-11(4-7-13)10-22-16(24)14-8-5-12-2-1-9-21-15(12)23-14/h1-9H,10H2,(H,22,24). The number of carbonyl (C=O) groups excluding carboxylic acids is 1. The van der Waals surface area contributed by atoms with Crippen LogP contribution in [0.1, 0.15) is 16.1 Å². The Bertz CT molecular complexity index is 896. The Morgan fingerprint density at radius 1 is 1.08 bits per heavy atom. The van der Waals surface area contributed by atoms with E-state index in [0.29, 0.717) is 11.2 Å². The molecule has 0 aliphatic heterocycles. The van der Waals surface area contributed by atoms with Gasteiger partial charge in [-0.15, -0.1) is 13.2 Å². The fraction of sp³-hybridized carbons (Fsp3) is 0.118. The van der Waals surface area contributed by atoms with E-state index in [-0.39, 0.29) is 18.0 Å². The van der Waals surface area contributed by atoms with Crippen molar-refractivity contribution in [1.29, 1.82) is 0 Å². The van der Waals surface area contributed by atoms with Crippen molar-refractivity contribution in [2.24, 2.45) is 0 Å². The van der Waals surface area contributed by atoms with E-state index in [1.807, 2.05) is 6.07 Å². The summed E-state index contributed by atoms with van der Waals surface area (Å²) in [5.41, 5.74) is 1.30. The Morgan fingerprint density at radius 3 is 2.56 bits per heavy atom. The van der Waals surface area contributed by atoms with E-state index in [1.165, 1.54) is 24.3 Å². The van der Waals surface area contributed by atoms with E-state index < -0.39 is 12.3 Å². The van der Waals surface area contributed by atoms with Crippen LogP contribution in [0.4, 0.5) is 13.2 Å². The van der Waals surface area contributed by atoms with Gasteiger partial charge in [0.25, 0.3) is 5.91 Å². The van der Waals surface area contributed by atoms with Crippen LogP contribution in [0.25, 0.3) is 11.0 Å². The van der Waals surface area contributed by atoms with Gasteiger partial charge < -0.3 is 10.1 Å². The Balaban J connectivity index is 1.63. The minimum Gasteiger partial charge on any atom is -0.406 e. The average Bonchev–Trinajstić information content (AvgIpc) is 2.59. The molecule has 1 amide bonds. The lowest BCUT2D eigenvalue weighted by Crippen LogP contribution is -2.23. The Labute approximate surface area is 140 Å². The molecule has 25 heavy (non-hydrogen) atoms. The molecular weight excluding hydrogens is 335 g/mol. The van der Waals surface area contributed by atoms with Gasteiger partial charge >= 0.3 is 6.36 Å². The SMILES string of the molecule is O=C(NCc1ccc(OC(F)(F)F)cc1)c1ccc2cccnc2n1. The number of halogens is 3. The molecule has 1 aromatic carbocycles. The summed E-state index contributed by atoms with van der Waals surface area (Å²) in [4.78, 5) is 20.4. The minimum absolute atomic E-state index is 0.146. The number of nitrogens with zero attached hydrogens (tertiary/aromatic N) is 2. The van der Waals surface area contributed by atoms with E-state index >= 15 is 0 Å². The third-order valence-corrected chi connectivity index (χ3v) is 3.31. The van der Waals surface area contributed by atoms with Gasteiger partial charge in [0, 0.05) is 18.1 Å². The lowest BCUT2D eigenvalue weighted by Gasteiger charge is -2.09. The number of hydrogen-bond donors (Lipinski definition) is 1. The predicted molar refractivity (Wildman–Crippen MR) is 83.8 cm³/mol. The van der Waals surface area contributed by atoms with Gasteiger partial charge in [-0.3, -0.25) is 4.79 Å². The Hall–Kier alpha value is -3.16. The second-order valence-electron chi connectivity index (χ2n) is 5.12. The molecule has 0 radical (unpaired) electrons. The Morgan fingerprint density at radius 2 is 1.84 bits per heavy atom. The molecule has 5 nitrogen and oxygen atoms in total. The largest absolute Gasteiger partial charge is 0.573 e. The first kappa shape index (κ1) is 16.7. The van der Waals surface area contributed by atoms with Gasteiger partial charge in [0.15, 0.2) is 5.65 Å². The third-order valence-electron chi connectivity index (χ3n) is 3.31. The molecule has 0 unspecified atom stereocenters. The van der Waals surface area contributed by atoms with Crippen molar-refractivity contribution in [1.82, 2.24) is 15.3 Å². The summed E-state index contributed by atoms with van der Waals surface area (Å²) in [6.45, 7) is 0.146. The van der Waals surface area contributed by atoms with Gasteiger partial charge in [-0.1, -0.05) is 12.1 Å². The zero-order valence-electron chi connectivity index (χ0n) is 12.7. The van der Waals surface area contributed by atoms with E-state index in [2.05, 4.69) is 20.0 Å². The molecule has 0 bridgehead atoms. The zero-order chi connectivity index (χ0) is 17.9. The molecule has 0 aliphatic rings. The lowest BCUT2D eigenvalue weighted by atomic mass is 10.2. The van der Waals surface area contributed by atoms with E-state index in [1.54, 1.807) is 24.4 Å². The Kier molecular flexibility index (Phi) is 4.51. The molecule has 0 saturated heterocycles. The molecule has 0 fully saturated rings. The van der Waals surface area contributed by atoms with E-state index in [4.69, 9.17) is 0 Å². The first-order valence-electron chi connectivity index (χ1n) is 7.25. The minimum atomic E-state index is -4.73. The highest BCUT2D eigenvalue weighted by Crippen LogP contribution is 2.22. The summed E-state index contributed by atoms with van der Waals surface area (Å²) in [5.74, 6) is -0.715. The highest BCUT2D eigenvalue weighted by atomic mass is 19.4. The second-order valence-corrected chi connectivity index (χ2v) is 5.12. The predicted octanol–water partition coefficient (Wildman–Crippen LogP) is 3.46. The smallest absolute Gasteiger partial charge is 0.406 e. The summed E-state index contributed by atoms with van der Waals surface area (Å²) >= 11 is 0. The maximum absolute atomic E-state index is 12.1. The molecular formula is C17H12F3N3O2. The molecule has 0 spiro atoms. The van der Waals surface area contributed by atoms with Gasteiger partial charge in [0.05, 0.1) is 0 Å². The summed E-state index contributed by atoms with van der Waals surface area (Å²) < 4.78 is 40.1. The van der Waals surface area contributed by atoms with Crippen LogP contribution in [0.3, 0.4) is 0 Å². The number of carbonyl (C=O) groups is 1. The van der Waals surface area contributed by atoms with Gasteiger partial charge in [-0.2, -0.15) is 0 Å². The third kappa shape index (κ3) is 4.43. The molecule has 1 N–H and O–H groups in total. The fourth-order valence-electron chi connectivity index (χ4n) is 2.16. The van der Waals surface area contributed by atoms with Crippen LogP contribution in [0.2, 0.25) is 0 Å². The van der Waals surface area contributed by atoms with Crippen LogP contribution in [-0.4, -0.2) is 22.2 Å². The number of nitrogens with one attached hydrogen (secondary N) is 1. The van der Waals surface area contributed by atoms with Crippen molar-refractivity contribution < 1.29 is 22.7 Å². The number of benzene rings is 1.